The molecule has 0 heterocycles. The van der Waals surface area contributed by atoms with Crippen molar-refractivity contribution in [1.29, 1.82) is 0 Å². The molecule has 0 saturated heterocycles. The van der Waals surface area contributed by atoms with Gasteiger partial charge in [0.25, 0.3) is 5.91 Å². The van der Waals surface area contributed by atoms with E-state index in [1.54, 1.807) is 12.1 Å². The molecular weight excluding hydrogens is 268 g/mol. The molecule has 1 aromatic rings. The summed E-state index contributed by atoms with van der Waals surface area (Å²) in [5.74, 6) is -3.16. The van der Waals surface area contributed by atoms with Crippen LogP contribution in [0.5, 0.6) is 0 Å². The average molecular weight is 282 g/mol. The van der Waals surface area contributed by atoms with E-state index in [4.69, 9.17) is 15.4 Å². The van der Waals surface area contributed by atoms with Crippen LogP contribution < -0.4 is 10.8 Å². The highest BCUT2D eigenvalue weighted by atomic mass is 16.5. The van der Waals surface area contributed by atoms with E-state index < -0.39 is 30.3 Å². The number of amides is 1. The molecule has 0 aliphatic heterocycles. The molecule has 1 rings (SSSR count). The maximum absolute atomic E-state index is 11.3. The van der Waals surface area contributed by atoms with Gasteiger partial charge in [-0.05, 0) is 17.7 Å². The van der Waals surface area contributed by atoms with Gasteiger partial charge in [0, 0.05) is 6.54 Å². The Bertz CT molecular complexity index is 516. The van der Waals surface area contributed by atoms with Crippen molar-refractivity contribution in [2.75, 3.05) is 0 Å². The quantitative estimate of drug-likeness (QED) is 0.346. The van der Waals surface area contributed by atoms with Crippen LogP contribution in [0.15, 0.2) is 24.3 Å². The normalized spacial score (nSPS) is 11.7. The van der Waals surface area contributed by atoms with Crippen LogP contribution in [0.1, 0.15) is 22.3 Å². The number of carboxylic acid groups (broad SMARTS) is 2. The van der Waals surface area contributed by atoms with Crippen molar-refractivity contribution in [2.24, 2.45) is 0 Å². The van der Waals surface area contributed by atoms with Crippen molar-refractivity contribution in [2.45, 2.75) is 19.0 Å². The largest absolute Gasteiger partial charge is 0.481 e. The lowest BCUT2D eigenvalue weighted by Crippen LogP contribution is -2.44. The zero-order chi connectivity index (χ0) is 15.1. The number of carbonyl (C=O) groups is 3. The molecule has 0 spiro atoms. The summed E-state index contributed by atoms with van der Waals surface area (Å²) in [6.07, 6.45) is -0.509. The number of hydrogen-bond acceptors (Lipinski definition) is 5. The summed E-state index contributed by atoms with van der Waals surface area (Å²) in [7, 11) is 0. The van der Waals surface area contributed by atoms with Crippen molar-refractivity contribution in [3.63, 3.8) is 0 Å². The summed E-state index contributed by atoms with van der Waals surface area (Å²) in [6, 6.07) is 4.88. The first-order valence-corrected chi connectivity index (χ1v) is 5.65. The molecule has 5 N–H and O–H groups in total. The SMILES string of the molecule is O=C(O)C[C@H](NCc1cccc(C(=O)O)c1)C(=O)NO. The van der Waals surface area contributed by atoms with Gasteiger partial charge in [0.1, 0.15) is 0 Å². The average Bonchev–Trinajstić information content (AvgIpc) is 2.42. The Morgan fingerprint density at radius 1 is 1.20 bits per heavy atom. The summed E-state index contributed by atoms with van der Waals surface area (Å²) < 4.78 is 0. The van der Waals surface area contributed by atoms with E-state index >= 15 is 0 Å². The zero-order valence-electron chi connectivity index (χ0n) is 10.4. The van der Waals surface area contributed by atoms with Crippen LogP contribution in [0.2, 0.25) is 0 Å². The highest BCUT2D eigenvalue weighted by Gasteiger charge is 2.20. The van der Waals surface area contributed by atoms with Gasteiger partial charge in [-0.25, -0.2) is 10.3 Å². The van der Waals surface area contributed by atoms with Gasteiger partial charge in [-0.2, -0.15) is 0 Å². The second kappa shape index (κ2) is 7.22. The number of hydrogen-bond donors (Lipinski definition) is 5. The van der Waals surface area contributed by atoms with Crippen molar-refractivity contribution >= 4 is 17.8 Å². The third-order valence-electron chi connectivity index (χ3n) is 2.53. The molecule has 20 heavy (non-hydrogen) atoms. The van der Waals surface area contributed by atoms with E-state index in [0.29, 0.717) is 5.56 Å². The van der Waals surface area contributed by atoms with Gasteiger partial charge in [0.15, 0.2) is 0 Å². The number of carbonyl (C=O) groups excluding carboxylic acids is 1. The van der Waals surface area contributed by atoms with E-state index in [0.717, 1.165) is 0 Å². The van der Waals surface area contributed by atoms with Crippen LogP contribution >= 0.6 is 0 Å². The standard InChI is InChI=1S/C12H14N2O6/c15-10(16)5-9(11(17)14-20)13-6-7-2-1-3-8(4-7)12(18)19/h1-4,9,13,20H,5-6H2,(H,14,17)(H,15,16)(H,18,19)/t9-/m0/s1. The van der Waals surface area contributed by atoms with Crippen molar-refractivity contribution in [3.05, 3.63) is 35.4 Å². The molecule has 0 bridgehead atoms. The van der Waals surface area contributed by atoms with E-state index in [-0.39, 0.29) is 12.1 Å². The second-order valence-corrected chi connectivity index (χ2v) is 4.01. The minimum absolute atomic E-state index is 0.0886. The molecule has 108 valence electrons. The van der Waals surface area contributed by atoms with Crippen LogP contribution in [-0.4, -0.2) is 39.3 Å². The molecule has 8 nitrogen and oxygen atoms in total. The van der Waals surface area contributed by atoms with Gasteiger partial charge >= 0.3 is 11.9 Å². The molecule has 0 aliphatic carbocycles. The molecule has 0 unspecified atom stereocenters. The van der Waals surface area contributed by atoms with Gasteiger partial charge in [0.2, 0.25) is 0 Å². The van der Waals surface area contributed by atoms with E-state index in [1.807, 2.05) is 0 Å². The number of aromatic carboxylic acids is 1. The van der Waals surface area contributed by atoms with E-state index in [1.165, 1.54) is 17.6 Å². The fourth-order valence-corrected chi connectivity index (χ4v) is 1.57. The lowest BCUT2D eigenvalue weighted by molar-refractivity contribution is -0.141. The van der Waals surface area contributed by atoms with Crippen LogP contribution in [0.3, 0.4) is 0 Å². The van der Waals surface area contributed by atoms with Gasteiger partial charge in [0.05, 0.1) is 18.0 Å². The Morgan fingerprint density at radius 3 is 2.45 bits per heavy atom. The van der Waals surface area contributed by atoms with Crippen LogP contribution in [0, 0.1) is 0 Å². The topological polar surface area (TPSA) is 136 Å². The molecule has 1 aromatic carbocycles. The van der Waals surface area contributed by atoms with Gasteiger partial charge in [-0.15, -0.1) is 0 Å². The third-order valence-corrected chi connectivity index (χ3v) is 2.53. The molecular formula is C12H14N2O6. The van der Waals surface area contributed by atoms with Gasteiger partial charge in [-0.1, -0.05) is 12.1 Å². The molecule has 0 radical (unpaired) electrons. The van der Waals surface area contributed by atoms with Crippen molar-refractivity contribution in [3.8, 4) is 0 Å². The molecule has 0 saturated carbocycles. The summed E-state index contributed by atoms with van der Waals surface area (Å²) in [4.78, 5) is 32.7. The van der Waals surface area contributed by atoms with Gasteiger partial charge < -0.3 is 15.5 Å². The van der Waals surface area contributed by atoms with Crippen LogP contribution in [0.4, 0.5) is 0 Å². The highest BCUT2D eigenvalue weighted by Crippen LogP contribution is 2.06. The number of carboxylic acids is 2. The maximum atomic E-state index is 11.3. The number of nitrogens with one attached hydrogen (secondary N) is 2. The summed E-state index contributed by atoms with van der Waals surface area (Å²) in [6.45, 7) is 0.0898. The summed E-state index contributed by atoms with van der Waals surface area (Å²) in [5, 5.41) is 28.7. The molecule has 0 fully saturated rings. The zero-order valence-corrected chi connectivity index (χ0v) is 10.4. The van der Waals surface area contributed by atoms with Crippen LogP contribution in [-0.2, 0) is 16.1 Å². The molecule has 1 atom stereocenters. The first-order chi connectivity index (χ1) is 9.43. The van der Waals surface area contributed by atoms with E-state index in [2.05, 4.69) is 5.32 Å². The molecule has 0 aromatic heterocycles. The Morgan fingerprint density at radius 2 is 1.90 bits per heavy atom. The number of hydroxylamine groups is 1. The smallest absolute Gasteiger partial charge is 0.335 e. The lowest BCUT2D eigenvalue weighted by atomic mass is 10.1. The molecule has 0 aliphatic rings. The lowest BCUT2D eigenvalue weighted by Gasteiger charge is -2.14. The predicted molar refractivity (Wildman–Crippen MR) is 66.2 cm³/mol. The monoisotopic (exact) mass is 282 g/mol. The maximum Gasteiger partial charge on any atom is 0.335 e. The first kappa shape index (κ1) is 15.6. The van der Waals surface area contributed by atoms with Crippen molar-refractivity contribution in [1.82, 2.24) is 10.8 Å². The Hall–Kier alpha value is -2.45. The van der Waals surface area contributed by atoms with Crippen LogP contribution in [0.25, 0.3) is 0 Å². The number of rotatable bonds is 7. The summed E-state index contributed by atoms with van der Waals surface area (Å²) >= 11 is 0. The molecule has 1 amide bonds. The Labute approximate surface area is 114 Å². The minimum atomic E-state index is -1.20. The molecule has 8 heteroatoms. The number of aliphatic carboxylic acids is 1. The second-order valence-electron chi connectivity index (χ2n) is 4.01. The fourth-order valence-electron chi connectivity index (χ4n) is 1.57. The fraction of sp³-hybridized carbons (Fsp3) is 0.250. The predicted octanol–water partition coefficient (Wildman–Crippen LogP) is -0.177. The van der Waals surface area contributed by atoms with Crippen molar-refractivity contribution < 1.29 is 29.8 Å². The van der Waals surface area contributed by atoms with E-state index in [9.17, 15) is 14.4 Å². The minimum Gasteiger partial charge on any atom is -0.481 e. The first-order valence-electron chi connectivity index (χ1n) is 5.65. The number of benzene rings is 1. The Kier molecular flexibility index (Phi) is 5.63. The highest BCUT2D eigenvalue weighted by molar-refractivity contribution is 5.87. The summed E-state index contributed by atoms with van der Waals surface area (Å²) in [5.41, 5.74) is 2.04. The van der Waals surface area contributed by atoms with Gasteiger partial charge in [-0.3, -0.25) is 14.8 Å². The third kappa shape index (κ3) is 4.67. The Balaban J connectivity index is 2.71.